The fourth-order valence-corrected chi connectivity index (χ4v) is 2.71. The number of carbonyl (C=O) groups excluding carboxylic acids is 1. The maximum Gasteiger partial charge on any atom is 0.224 e. The van der Waals surface area contributed by atoms with Crippen LogP contribution in [-0.4, -0.2) is 23.2 Å². The third kappa shape index (κ3) is 3.04. The molecular formula is C14H17Cl2NO2. The molecule has 2 atom stereocenters. The van der Waals surface area contributed by atoms with E-state index in [9.17, 15) is 9.90 Å². The largest absolute Gasteiger partial charge is 0.392 e. The molecule has 104 valence electrons. The summed E-state index contributed by atoms with van der Waals surface area (Å²) in [5, 5.41) is 13.6. The van der Waals surface area contributed by atoms with E-state index in [1.165, 1.54) is 0 Å². The van der Waals surface area contributed by atoms with Crippen molar-refractivity contribution in [3.05, 3.63) is 33.8 Å². The summed E-state index contributed by atoms with van der Waals surface area (Å²) < 4.78 is 0. The number of carbonyl (C=O) groups is 1. The first-order valence-corrected chi connectivity index (χ1v) is 6.97. The van der Waals surface area contributed by atoms with Gasteiger partial charge in [0, 0.05) is 21.5 Å². The van der Waals surface area contributed by atoms with Crippen LogP contribution in [0.4, 0.5) is 0 Å². The Morgan fingerprint density at radius 1 is 1.47 bits per heavy atom. The normalized spacial score (nSPS) is 24.7. The van der Waals surface area contributed by atoms with Crippen molar-refractivity contribution in [2.24, 2.45) is 5.41 Å². The van der Waals surface area contributed by atoms with Crippen molar-refractivity contribution in [1.82, 2.24) is 5.32 Å². The highest BCUT2D eigenvalue weighted by Gasteiger charge is 2.47. The first kappa shape index (κ1) is 14.6. The van der Waals surface area contributed by atoms with E-state index in [0.29, 0.717) is 16.5 Å². The van der Waals surface area contributed by atoms with Crippen molar-refractivity contribution in [2.75, 3.05) is 0 Å². The summed E-state index contributed by atoms with van der Waals surface area (Å²) >= 11 is 11.8. The maximum absolute atomic E-state index is 12.0. The van der Waals surface area contributed by atoms with E-state index in [-0.39, 0.29) is 29.9 Å². The molecule has 1 aliphatic carbocycles. The van der Waals surface area contributed by atoms with Gasteiger partial charge in [0.25, 0.3) is 0 Å². The molecule has 1 aliphatic rings. The van der Waals surface area contributed by atoms with Crippen LogP contribution in [0.1, 0.15) is 25.8 Å². The fourth-order valence-electron chi connectivity index (χ4n) is 2.23. The van der Waals surface area contributed by atoms with Crippen LogP contribution < -0.4 is 5.32 Å². The minimum absolute atomic E-state index is 0.0149. The number of aliphatic hydroxyl groups excluding tert-OH is 1. The number of aliphatic hydroxyl groups is 1. The Labute approximate surface area is 122 Å². The van der Waals surface area contributed by atoms with Gasteiger partial charge in [-0.25, -0.2) is 0 Å². The second kappa shape index (κ2) is 5.31. The summed E-state index contributed by atoms with van der Waals surface area (Å²) in [5.41, 5.74) is 0.487. The summed E-state index contributed by atoms with van der Waals surface area (Å²) in [6, 6.07) is 5.11. The molecule has 1 aromatic carbocycles. The zero-order chi connectivity index (χ0) is 14.2. The summed E-state index contributed by atoms with van der Waals surface area (Å²) in [4.78, 5) is 12.0. The van der Waals surface area contributed by atoms with Crippen LogP contribution in [0.15, 0.2) is 18.2 Å². The van der Waals surface area contributed by atoms with Gasteiger partial charge in [-0.1, -0.05) is 43.1 Å². The van der Waals surface area contributed by atoms with Crippen LogP contribution in [-0.2, 0) is 11.2 Å². The standard InChI is InChI=1S/C14H17Cl2NO2/c1-14(2)11(7-12(14)18)17-13(19)5-8-3-4-9(15)6-10(8)16/h3-4,6,11-12,18H,5,7H2,1-2H3,(H,17,19). The van der Waals surface area contributed by atoms with E-state index in [4.69, 9.17) is 23.2 Å². The molecule has 2 rings (SSSR count). The topological polar surface area (TPSA) is 49.3 Å². The Morgan fingerprint density at radius 3 is 2.68 bits per heavy atom. The van der Waals surface area contributed by atoms with Crippen molar-refractivity contribution in [3.8, 4) is 0 Å². The second-order valence-electron chi connectivity index (χ2n) is 5.61. The Morgan fingerprint density at radius 2 is 2.16 bits per heavy atom. The molecular weight excluding hydrogens is 285 g/mol. The molecule has 1 amide bonds. The van der Waals surface area contributed by atoms with Crippen molar-refractivity contribution < 1.29 is 9.90 Å². The third-order valence-corrected chi connectivity index (χ3v) is 4.50. The summed E-state index contributed by atoms with van der Waals surface area (Å²) in [7, 11) is 0. The molecule has 0 spiro atoms. The van der Waals surface area contributed by atoms with E-state index >= 15 is 0 Å². The van der Waals surface area contributed by atoms with E-state index in [0.717, 1.165) is 5.56 Å². The van der Waals surface area contributed by atoms with Gasteiger partial charge in [-0.15, -0.1) is 0 Å². The molecule has 2 N–H and O–H groups in total. The molecule has 0 bridgehead atoms. The minimum Gasteiger partial charge on any atom is -0.392 e. The van der Waals surface area contributed by atoms with Crippen LogP contribution in [0.5, 0.6) is 0 Å². The lowest BCUT2D eigenvalue weighted by molar-refractivity contribution is -0.128. The van der Waals surface area contributed by atoms with Crippen LogP contribution in [0.25, 0.3) is 0 Å². The Kier molecular flexibility index (Phi) is 4.09. The van der Waals surface area contributed by atoms with Crippen LogP contribution in [0.2, 0.25) is 10.0 Å². The first-order chi connectivity index (χ1) is 8.80. The van der Waals surface area contributed by atoms with Crippen molar-refractivity contribution >= 4 is 29.1 Å². The summed E-state index contributed by atoms with van der Waals surface area (Å²) in [5.74, 6) is -0.0887. The van der Waals surface area contributed by atoms with Crippen LogP contribution >= 0.6 is 23.2 Å². The van der Waals surface area contributed by atoms with E-state index in [2.05, 4.69) is 5.32 Å². The molecule has 1 fully saturated rings. The molecule has 1 aromatic rings. The molecule has 0 aliphatic heterocycles. The molecule has 0 saturated heterocycles. The fraction of sp³-hybridized carbons (Fsp3) is 0.500. The highest BCUT2D eigenvalue weighted by molar-refractivity contribution is 6.35. The van der Waals surface area contributed by atoms with Crippen LogP contribution in [0.3, 0.4) is 0 Å². The monoisotopic (exact) mass is 301 g/mol. The lowest BCUT2D eigenvalue weighted by Gasteiger charge is -2.49. The van der Waals surface area contributed by atoms with Gasteiger partial charge in [-0.3, -0.25) is 4.79 Å². The molecule has 1 saturated carbocycles. The van der Waals surface area contributed by atoms with Gasteiger partial charge in [-0.05, 0) is 24.1 Å². The van der Waals surface area contributed by atoms with Crippen molar-refractivity contribution in [2.45, 2.75) is 38.8 Å². The first-order valence-electron chi connectivity index (χ1n) is 6.22. The molecule has 0 heterocycles. The van der Waals surface area contributed by atoms with Crippen LogP contribution in [0, 0.1) is 5.41 Å². The smallest absolute Gasteiger partial charge is 0.224 e. The highest BCUT2D eigenvalue weighted by Crippen LogP contribution is 2.40. The average molecular weight is 302 g/mol. The second-order valence-corrected chi connectivity index (χ2v) is 6.45. The van der Waals surface area contributed by atoms with E-state index in [1.807, 2.05) is 13.8 Å². The van der Waals surface area contributed by atoms with Gasteiger partial charge in [-0.2, -0.15) is 0 Å². The SMILES string of the molecule is CC1(C)C(O)CC1NC(=O)Cc1ccc(Cl)cc1Cl. The predicted octanol–water partition coefficient (Wildman–Crippen LogP) is 2.81. The van der Waals surface area contributed by atoms with Gasteiger partial charge < -0.3 is 10.4 Å². The summed E-state index contributed by atoms with van der Waals surface area (Å²) in [6.45, 7) is 3.89. The molecule has 5 heteroatoms. The molecule has 3 nitrogen and oxygen atoms in total. The van der Waals surface area contributed by atoms with Gasteiger partial charge in [0.2, 0.25) is 5.91 Å². The number of hydrogen-bond donors (Lipinski definition) is 2. The molecule has 2 unspecified atom stereocenters. The lowest BCUT2D eigenvalue weighted by Crippen LogP contribution is -2.61. The Bertz CT molecular complexity index is 502. The van der Waals surface area contributed by atoms with Gasteiger partial charge in [0.05, 0.1) is 12.5 Å². The molecule has 0 radical (unpaired) electrons. The maximum atomic E-state index is 12.0. The average Bonchev–Trinajstić information content (AvgIpc) is 2.32. The lowest BCUT2D eigenvalue weighted by atomic mass is 9.64. The quantitative estimate of drug-likeness (QED) is 0.902. The molecule has 19 heavy (non-hydrogen) atoms. The number of amides is 1. The Hall–Kier alpha value is -0.770. The number of benzene rings is 1. The highest BCUT2D eigenvalue weighted by atomic mass is 35.5. The number of rotatable bonds is 3. The van der Waals surface area contributed by atoms with Gasteiger partial charge in [0.15, 0.2) is 0 Å². The number of hydrogen-bond acceptors (Lipinski definition) is 2. The zero-order valence-corrected chi connectivity index (χ0v) is 12.4. The third-order valence-electron chi connectivity index (χ3n) is 3.92. The van der Waals surface area contributed by atoms with Gasteiger partial charge >= 0.3 is 0 Å². The number of halogens is 2. The van der Waals surface area contributed by atoms with E-state index < -0.39 is 0 Å². The van der Waals surface area contributed by atoms with Crippen molar-refractivity contribution in [3.63, 3.8) is 0 Å². The zero-order valence-electron chi connectivity index (χ0n) is 10.9. The summed E-state index contributed by atoms with van der Waals surface area (Å²) in [6.07, 6.45) is 0.475. The number of nitrogens with one attached hydrogen (secondary N) is 1. The molecule has 0 aromatic heterocycles. The van der Waals surface area contributed by atoms with E-state index in [1.54, 1.807) is 18.2 Å². The Balaban J connectivity index is 1.95. The minimum atomic E-state index is -0.350. The van der Waals surface area contributed by atoms with Crippen molar-refractivity contribution in [1.29, 1.82) is 0 Å². The van der Waals surface area contributed by atoms with Gasteiger partial charge in [0.1, 0.15) is 0 Å². The predicted molar refractivity (Wildman–Crippen MR) is 76.5 cm³/mol.